The number of aromatic nitrogens is 6. The highest BCUT2D eigenvalue weighted by atomic mass is 32.2. The number of aryl methyl sites for hydroxylation is 1. The van der Waals surface area contributed by atoms with Crippen molar-refractivity contribution in [2.24, 2.45) is 7.05 Å². The minimum absolute atomic E-state index is 0.119. The molecule has 0 aliphatic heterocycles. The molecule has 24 heavy (non-hydrogen) atoms. The lowest BCUT2D eigenvalue weighted by Gasteiger charge is -2.02. The second-order valence-electron chi connectivity index (χ2n) is 5.08. The van der Waals surface area contributed by atoms with Gasteiger partial charge < -0.3 is 4.98 Å². The van der Waals surface area contributed by atoms with Gasteiger partial charge in [-0.05, 0) is 16.0 Å². The number of nitrogens with one attached hydrogen (secondary N) is 1. The Morgan fingerprint density at radius 2 is 2.12 bits per heavy atom. The van der Waals surface area contributed by atoms with E-state index >= 15 is 0 Å². The van der Waals surface area contributed by atoms with Crippen molar-refractivity contribution in [2.75, 3.05) is 0 Å². The summed E-state index contributed by atoms with van der Waals surface area (Å²) < 4.78 is 1.58. The molecule has 0 spiro atoms. The second kappa shape index (κ2) is 6.17. The molecular weight excluding hydrogens is 344 g/mol. The molecule has 0 aliphatic carbocycles. The fourth-order valence-electron chi connectivity index (χ4n) is 2.37. The highest BCUT2D eigenvalue weighted by Gasteiger charge is 2.13. The first-order valence-corrected chi connectivity index (χ1v) is 9.00. The summed E-state index contributed by atoms with van der Waals surface area (Å²) in [5, 5.41) is 14.6. The molecule has 4 aromatic rings. The summed E-state index contributed by atoms with van der Waals surface area (Å²) >= 11 is 2.90. The maximum Gasteiger partial charge on any atom is 0.260 e. The van der Waals surface area contributed by atoms with Gasteiger partial charge >= 0.3 is 0 Å². The average Bonchev–Trinajstić information content (AvgIpc) is 3.20. The van der Waals surface area contributed by atoms with Crippen molar-refractivity contribution in [1.29, 1.82) is 0 Å². The molecule has 1 N–H and O–H groups in total. The zero-order valence-corrected chi connectivity index (χ0v) is 14.3. The summed E-state index contributed by atoms with van der Waals surface area (Å²) in [7, 11) is 1.77. The van der Waals surface area contributed by atoms with Crippen LogP contribution in [0.2, 0.25) is 0 Å². The Morgan fingerprint density at radius 3 is 2.88 bits per heavy atom. The molecule has 0 saturated carbocycles. The molecule has 9 heteroatoms. The predicted octanol–water partition coefficient (Wildman–Crippen LogP) is 2.47. The summed E-state index contributed by atoms with van der Waals surface area (Å²) in [4.78, 5) is 20.7. The smallest absolute Gasteiger partial charge is 0.260 e. The molecule has 4 rings (SSSR count). The summed E-state index contributed by atoms with van der Waals surface area (Å²) in [6.45, 7) is 0. The zero-order valence-electron chi connectivity index (χ0n) is 12.6. The van der Waals surface area contributed by atoms with Crippen LogP contribution in [-0.4, -0.2) is 30.2 Å². The molecule has 0 unspecified atom stereocenters. The molecule has 0 amide bonds. The van der Waals surface area contributed by atoms with Gasteiger partial charge in [-0.1, -0.05) is 42.1 Å². The third-order valence-electron chi connectivity index (χ3n) is 3.50. The van der Waals surface area contributed by atoms with Crippen molar-refractivity contribution < 1.29 is 0 Å². The van der Waals surface area contributed by atoms with Crippen molar-refractivity contribution in [3.8, 4) is 11.1 Å². The van der Waals surface area contributed by atoms with Crippen LogP contribution in [0.25, 0.3) is 21.3 Å². The Bertz CT molecular complexity index is 1050. The van der Waals surface area contributed by atoms with Crippen molar-refractivity contribution in [1.82, 2.24) is 30.2 Å². The zero-order chi connectivity index (χ0) is 16.5. The number of tetrazole rings is 1. The van der Waals surface area contributed by atoms with Crippen LogP contribution < -0.4 is 5.56 Å². The monoisotopic (exact) mass is 356 g/mol. The highest BCUT2D eigenvalue weighted by Crippen LogP contribution is 2.30. The van der Waals surface area contributed by atoms with Crippen LogP contribution in [-0.2, 0) is 12.8 Å². The first-order chi connectivity index (χ1) is 11.7. The molecule has 0 fully saturated rings. The van der Waals surface area contributed by atoms with Gasteiger partial charge in [-0.3, -0.25) is 4.79 Å². The number of hydrogen-bond acceptors (Lipinski definition) is 7. The van der Waals surface area contributed by atoms with Crippen LogP contribution in [0.4, 0.5) is 0 Å². The summed E-state index contributed by atoms with van der Waals surface area (Å²) in [6, 6.07) is 9.86. The molecule has 0 atom stereocenters. The van der Waals surface area contributed by atoms with E-state index in [2.05, 4.69) is 25.5 Å². The van der Waals surface area contributed by atoms with E-state index in [0.717, 1.165) is 16.0 Å². The minimum Gasteiger partial charge on any atom is -0.309 e. The summed E-state index contributed by atoms with van der Waals surface area (Å²) in [6.07, 6.45) is 0. The topological polar surface area (TPSA) is 89.3 Å². The fourth-order valence-corrected chi connectivity index (χ4v) is 4.06. The van der Waals surface area contributed by atoms with Crippen LogP contribution in [0.1, 0.15) is 5.82 Å². The van der Waals surface area contributed by atoms with E-state index in [-0.39, 0.29) is 5.56 Å². The van der Waals surface area contributed by atoms with Crippen molar-refractivity contribution in [2.45, 2.75) is 10.9 Å². The molecule has 1 aromatic carbocycles. The van der Waals surface area contributed by atoms with Crippen LogP contribution in [0, 0.1) is 0 Å². The SMILES string of the molecule is Cn1nnnc1SCc1nc2scc(-c3ccccc3)c2c(=O)[nH]1. The van der Waals surface area contributed by atoms with Gasteiger partial charge in [-0.15, -0.1) is 16.4 Å². The Balaban J connectivity index is 1.69. The first-order valence-electron chi connectivity index (χ1n) is 7.13. The van der Waals surface area contributed by atoms with Crippen molar-refractivity contribution >= 4 is 33.3 Å². The van der Waals surface area contributed by atoms with Crippen molar-refractivity contribution in [3.63, 3.8) is 0 Å². The number of fused-ring (bicyclic) bond motifs is 1. The van der Waals surface area contributed by atoms with E-state index in [0.29, 0.717) is 22.1 Å². The maximum atomic E-state index is 12.5. The predicted molar refractivity (Wildman–Crippen MR) is 94.0 cm³/mol. The standard InChI is InChI=1S/C15H12N6OS2/c1-21-15(18-19-20-21)24-8-11-16-13(22)12-10(7-23-14(12)17-11)9-5-3-2-4-6-9/h2-7H,8H2,1H3,(H,16,17,22). The van der Waals surface area contributed by atoms with Crippen LogP contribution >= 0.6 is 23.1 Å². The van der Waals surface area contributed by atoms with Gasteiger partial charge in [-0.25, -0.2) is 9.67 Å². The Morgan fingerprint density at radius 1 is 1.29 bits per heavy atom. The van der Waals surface area contributed by atoms with E-state index < -0.39 is 0 Å². The normalized spacial score (nSPS) is 11.2. The minimum atomic E-state index is -0.119. The average molecular weight is 356 g/mol. The molecule has 0 radical (unpaired) electrons. The van der Waals surface area contributed by atoms with Crippen LogP contribution in [0.5, 0.6) is 0 Å². The van der Waals surface area contributed by atoms with Crippen molar-refractivity contribution in [3.05, 3.63) is 51.9 Å². The lowest BCUT2D eigenvalue weighted by Crippen LogP contribution is -2.10. The Labute approximate surface area is 144 Å². The van der Waals surface area contributed by atoms with Gasteiger partial charge in [0.15, 0.2) is 0 Å². The molecule has 3 aromatic heterocycles. The van der Waals surface area contributed by atoms with Gasteiger partial charge in [0.1, 0.15) is 10.7 Å². The number of benzene rings is 1. The number of thioether (sulfide) groups is 1. The summed E-state index contributed by atoms with van der Waals surface area (Å²) in [5.74, 6) is 1.11. The third-order valence-corrected chi connectivity index (χ3v) is 5.39. The van der Waals surface area contributed by atoms with E-state index in [9.17, 15) is 4.79 Å². The fraction of sp³-hybridized carbons (Fsp3) is 0.133. The number of thiophene rings is 1. The number of H-pyrrole nitrogens is 1. The molecule has 7 nitrogen and oxygen atoms in total. The van der Waals surface area contributed by atoms with Crippen LogP contribution in [0.15, 0.2) is 45.7 Å². The van der Waals surface area contributed by atoms with Gasteiger partial charge in [0.05, 0.1) is 11.1 Å². The first kappa shape index (κ1) is 15.0. The van der Waals surface area contributed by atoms with Crippen LogP contribution in [0.3, 0.4) is 0 Å². The molecule has 3 heterocycles. The number of nitrogens with zero attached hydrogens (tertiary/aromatic N) is 5. The van der Waals surface area contributed by atoms with E-state index in [1.807, 2.05) is 35.7 Å². The lowest BCUT2D eigenvalue weighted by atomic mass is 10.1. The molecule has 0 bridgehead atoms. The Kier molecular flexibility index (Phi) is 3.87. The second-order valence-corrected chi connectivity index (χ2v) is 6.88. The number of aromatic amines is 1. The van der Waals surface area contributed by atoms with Gasteiger partial charge in [0.25, 0.3) is 5.56 Å². The maximum absolute atomic E-state index is 12.5. The molecule has 0 aliphatic rings. The van der Waals surface area contributed by atoms with Gasteiger partial charge in [0, 0.05) is 18.0 Å². The number of rotatable bonds is 4. The quantitative estimate of drug-likeness (QED) is 0.565. The van der Waals surface area contributed by atoms with Gasteiger partial charge in [0.2, 0.25) is 5.16 Å². The third kappa shape index (κ3) is 2.72. The number of hydrogen-bond donors (Lipinski definition) is 1. The van der Waals surface area contributed by atoms with E-state index in [1.165, 1.54) is 23.1 Å². The van der Waals surface area contributed by atoms with Gasteiger partial charge in [-0.2, -0.15) is 0 Å². The summed E-state index contributed by atoms with van der Waals surface area (Å²) in [5.41, 5.74) is 1.82. The van der Waals surface area contributed by atoms with E-state index in [4.69, 9.17) is 0 Å². The largest absolute Gasteiger partial charge is 0.309 e. The molecular formula is C15H12N6OS2. The molecule has 120 valence electrons. The highest BCUT2D eigenvalue weighted by molar-refractivity contribution is 7.98. The molecule has 0 saturated heterocycles. The lowest BCUT2D eigenvalue weighted by molar-refractivity contribution is 0.664. The Hall–Kier alpha value is -2.52. The van der Waals surface area contributed by atoms with E-state index in [1.54, 1.807) is 11.7 Å².